The van der Waals surface area contributed by atoms with Gasteiger partial charge in [0, 0.05) is 11.8 Å². The zero-order chi connectivity index (χ0) is 20.3. The second kappa shape index (κ2) is 7.88. The van der Waals surface area contributed by atoms with Crippen molar-refractivity contribution in [1.82, 2.24) is 20.2 Å². The molecule has 0 fully saturated rings. The van der Waals surface area contributed by atoms with E-state index in [2.05, 4.69) is 59.0 Å². The lowest BCUT2D eigenvalue weighted by molar-refractivity contribution is 0.354. The monoisotopic (exact) mass is 381 g/mol. The highest BCUT2D eigenvalue weighted by Gasteiger charge is 2.28. The molecule has 1 N–H and O–H groups in total. The molecule has 7 nitrogen and oxygen atoms in total. The third kappa shape index (κ3) is 3.93. The summed E-state index contributed by atoms with van der Waals surface area (Å²) in [7, 11) is 3.21. The van der Waals surface area contributed by atoms with E-state index in [4.69, 9.17) is 9.47 Å². The van der Waals surface area contributed by atoms with E-state index < -0.39 is 5.54 Å². The Morgan fingerprint density at radius 3 is 2.25 bits per heavy atom. The summed E-state index contributed by atoms with van der Waals surface area (Å²) in [5, 5.41) is 15.9. The molecule has 0 saturated heterocycles. The summed E-state index contributed by atoms with van der Waals surface area (Å²) in [4.78, 5) is 0. The summed E-state index contributed by atoms with van der Waals surface area (Å²) in [6.07, 6.45) is 0. The predicted molar refractivity (Wildman–Crippen MR) is 109 cm³/mol. The van der Waals surface area contributed by atoms with E-state index in [9.17, 15) is 0 Å². The molecule has 1 aromatic heterocycles. The van der Waals surface area contributed by atoms with E-state index in [0.717, 1.165) is 11.4 Å². The van der Waals surface area contributed by atoms with Gasteiger partial charge in [0.25, 0.3) is 0 Å². The lowest BCUT2D eigenvalue weighted by Crippen LogP contribution is -2.31. The molecular weight excluding hydrogens is 354 g/mol. The summed E-state index contributed by atoms with van der Waals surface area (Å²) < 4.78 is 12.4. The van der Waals surface area contributed by atoms with Gasteiger partial charge in [-0.15, -0.1) is 5.10 Å². The van der Waals surface area contributed by atoms with Crippen molar-refractivity contribution in [3.05, 3.63) is 53.9 Å². The summed E-state index contributed by atoms with van der Waals surface area (Å²) >= 11 is 0. The molecular formula is C21H27N5O2. The average molecular weight is 381 g/mol. The number of nitrogens with zero attached hydrogens (tertiary/aromatic N) is 4. The maximum Gasteiger partial charge on any atom is 0.181 e. The Hall–Kier alpha value is -3.09. The molecule has 1 heterocycles. The minimum Gasteiger partial charge on any atom is -0.493 e. The van der Waals surface area contributed by atoms with Gasteiger partial charge in [0.1, 0.15) is 0 Å². The van der Waals surface area contributed by atoms with Crippen molar-refractivity contribution in [3.8, 4) is 17.2 Å². The van der Waals surface area contributed by atoms with Crippen molar-refractivity contribution in [2.75, 3.05) is 19.5 Å². The number of nitrogens with one attached hydrogen (secondary N) is 1. The van der Waals surface area contributed by atoms with E-state index in [1.165, 1.54) is 5.56 Å². The second-order valence-corrected chi connectivity index (χ2v) is 7.48. The number of hydrogen-bond acceptors (Lipinski definition) is 6. The molecule has 3 aromatic rings. The summed E-state index contributed by atoms with van der Waals surface area (Å²) in [6, 6.07) is 14.0. The normalized spacial score (nSPS) is 11.5. The van der Waals surface area contributed by atoms with Crippen LogP contribution in [0.5, 0.6) is 11.5 Å². The number of hydrogen-bond donors (Lipinski definition) is 1. The number of anilines is 1. The summed E-state index contributed by atoms with van der Waals surface area (Å²) in [5.74, 6) is 2.46. The van der Waals surface area contributed by atoms with E-state index in [1.54, 1.807) is 18.9 Å². The minimum absolute atomic E-state index is 0.499. The van der Waals surface area contributed by atoms with Crippen molar-refractivity contribution in [2.45, 2.75) is 39.2 Å². The van der Waals surface area contributed by atoms with Crippen LogP contribution in [0.15, 0.2) is 42.5 Å². The van der Waals surface area contributed by atoms with Crippen LogP contribution >= 0.6 is 0 Å². The molecule has 28 heavy (non-hydrogen) atoms. The van der Waals surface area contributed by atoms with Gasteiger partial charge >= 0.3 is 0 Å². The molecule has 0 saturated carbocycles. The Labute approximate surface area is 165 Å². The highest BCUT2D eigenvalue weighted by Crippen LogP contribution is 2.31. The predicted octanol–water partition coefficient (Wildman–Crippen LogP) is 4.15. The molecule has 0 aliphatic rings. The topological polar surface area (TPSA) is 74.1 Å². The molecule has 0 bridgehead atoms. The van der Waals surface area contributed by atoms with Gasteiger partial charge in [-0.05, 0) is 60.0 Å². The van der Waals surface area contributed by atoms with Crippen LogP contribution in [0, 0.1) is 0 Å². The molecule has 0 aliphatic heterocycles. The van der Waals surface area contributed by atoms with E-state index in [1.807, 2.05) is 32.0 Å². The van der Waals surface area contributed by atoms with Gasteiger partial charge in [-0.25, -0.2) is 0 Å². The summed E-state index contributed by atoms with van der Waals surface area (Å²) in [6.45, 7) is 8.46. The minimum atomic E-state index is -0.504. The maximum atomic E-state index is 5.40. The maximum absolute atomic E-state index is 5.40. The Bertz CT molecular complexity index is 932. The SMILES string of the molecule is COc1ccc(-n2nnnc2C(C)(C)Nc2ccc(C(C)C)cc2)cc1OC. The molecule has 0 atom stereocenters. The van der Waals surface area contributed by atoms with Crippen LogP contribution in [0.2, 0.25) is 0 Å². The molecule has 0 aliphatic carbocycles. The third-order valence-corrected chi connectivity index (χ3v) is 4.67. The third-order valence-electron chi connectivity index (χ3n) is 4.67. The van der Waals surface area contributed by atoms with Gasteiger partial charge in [0.05, 0.1) is 25.4 Å². The van der Waals surface area contributed by atoms with Gasteiger partial charge in [0.2, 0.25) is 0 Å². The van der Waals surface area contributed by atoms with Crippen molar-refractivity contribution < 1.29 is 9.47 Å². The highest BCUT2D eigenvalue weighted by molar-refractivity contribution is 5.50. The van der Waals surface area contributed by atoms with Crippen LogP contribution in [-0.2, 0) is 5.54 Å². The largest absolute Gasteiger partial charge is 0.493 e. The molecule has 0 spiro atoms. The molecule has 7 heteroatoms. The van der Waals surface area contributed by atoms with Crippen LogP contribution < -0.4 is 14.8 Å². The number of rotatable bonds is 7. The van der Waals surface area contributed by atoms with Gasteiger partial charge in [-0.2, -0.15) is 4.68 Å². The Kier molecular flexibility index (Phi) is 5.53. The number of aromatic nitrogens is 4. The zero-order valence-corrected chi connectivity index (χ0v) is 17.2. The first kappa shape index (κ1) is 19.7. The molecule has 0 amide bonds. The second-order valence-electron chi connectivity index (χ2n) is 7.48. The molecule has 3 rings (SSSR count). The quantitative estimate of drug-likeness (QED) is 0.663. The van der Waals surface area contributed by atoms with Crippen LogP contribution in [-0.4, -0.2) is 34.4 Å². The fraction of sp³-hybridized carbons (Fsp3) is 0.381. The molecule has 0 radical (unpaired) electrons. The van der Waals surface area contributed by atoms with Crippen LogP contribution in [0.1, 0.15) is 45.0 Å². The lowest BCUT2D eigenvalue weighted by Gasteiger charge is -2.26. The number of ether oxygens (including phenoxy) is 2. The van der Waals surface area contributed by atoms with Crippen LogP contribution in [0.4, 0.5) is 5.69 Å². The van der Waals surface area contributed by atoms with Gasteiger partial charge in [-0.3, -0.25) is 0 Å². The smallest absolute Gasteiger partial charge is 0.181 e. The van der Waals surface area contributed by atoms with Gasteiger partial charge in [-0.1, -0.05) is 26.0 Å². The molecule has 148 valence electrons. The summed E-state index contributed by atoms with van der Waals surface area (Å²) in [5.41, 5.74) is 2.60. The van der Waals surface area contributed by atoms with E-state index in [-0.39, 0.29) is 0 Å². The Morgan fingerprint density at radius 2 is 1.64 bits per heavy atom. The number of benzene rings is 2. The average Bonchev–Trinajstić information content (AvgIpc) is 3.18. The zero-order valence-electron chi connectivity index (χ0n) is 17.2. The van der Waals surface area contributed by atoms with Crippen molar-refractivity contribution in [2.24, 2.45) is 0 Å². The first-order chi connectivity index (χ1) is 13.4. The number of tetrazole rings is 1. The fourth-order valence-corrected chi connectivity index (χ4v) is 3.08. The first-order valence-electron chi connectivity index (χ1n) is 9.25. The first-order valence-corrected chi connectivity index (χ1v) is 9.25. The van der Waals surface area contributed by atoms with Gasteiger partial charge < -0.3 is 14.8 Å². The van der Waals surface area contributed by atoms with Crippen LogP contribution in [0.3, 0.4) is 0 Å². The number of methoxy groups -OCH3 is 2. The standard InChI is InChI=1S/C21H27N5O2/c1-14(2)15-7-9-16(10-8-15)22-21(3,4)20-23-24-25-26(20)17-11-12-18(27-5)19(13-17)28-6/h7-14,22H,1-6H3. The lowest BCUT2D eigenvalue weighted by atomic mass is 10.0. The van der Waals surface area contributed by atoms with Crippen molar-refractivity contribution in [3.63, 3.8) is 0 Å². The van der Waals surface area contributed by atoms with E-state index >= 15 is 0 Å². The Morgan fingerprint density at radius 1 is 0.964 bits per heavy atom. The van der Waals surface area contributed by atoms with Crippen molar-refractivity contribution in [1.29, 1.82) is 0 Å². The Balaban J connectivity index is 1.91. The molecule has 0 unspecified atom stereocenters. The van der Waals surface area contributed by atoms with E-state index in [0.29, 0.717) is 23.2 Å². The molecule has 2 aromatic carbocycles. The highest BCUT2D eigenvalue weighted by atomic mass is 16.5. The fourth-order valence-electron chi connectivity index (χ4n) is 3.08. The van der Waals surface area contributed by atoms with Gasteiger partial charge in [0.15, 0.2) is 17.3 Å². The van der Waals surface area contributed by atoms with Crippen LogP contribution in [0.25, 0.3) is 5.69 Å². The van der Waals surface area contributed by atoms with Crippen molar-refractivity contribution >= 4 is 5.69 Å².